The Morgan fingerprint density at radius 2 is 1.79 bits per heavy atom. The number of rotatable bonds is 3. The first kappa shape index (κ1) is 13.0. The van der Waals surface area contributed by atoms with Gasteiger partial charge in [-0.1, -0.05) is 30.3 Å². The van der Waals surface area contributed by atoms with Crippen molar-refractivity contribution in [2.45, 2.75) is 6.43 Å². The lowest BCUT2D eigenvalue weighted by atomic mass is 10.2. The number of carbonyl (C=O) groups excluding carboxylic acids is 1. The number of ether oxygens (including phenoxy) is 1. The van der Waals surface area contributed by atoms with Gasteiger partial charge in [-0.15, -0.1) is 0 Å². The third-order valence-corrected chi connectivity index (χ3v) is 2.34. The highest BCUT2D eigenvalue weighted by Crippen LogP contribution is 2.21. The predicted molar refractivity (Wildman–Crippen MR) is 67.5 cm³/mol. The van der Waals surface area contributed by atoms with Gasteiger partial charge in [0.2, 0.25) is 0 Å². The molecule has 0 saturated heterocycles. The van der Waals surface area contributed by atoms with Crippen molar-refractivity contribution in [2.75, 3.05) is 5.32 Å². The normalized spacial score (nSPS) is 10.3. The minimum absolute atomic E-state index is 0.155. The van der Waals surface area contributed by atoms with Gasteiger partial charge in [-0.05, 0) is 24.3 Å². The summed E-state index contributed by atoms with van der Waals surface area (Å²) < 4.78 is 30.0. The van der Waals surface area contributed by atoms with E-state index in [9.17, 15) is 13.6 Å². The Morgan fingerprint density at radius 1 is 1.05 bits per heavy atom. The average molecular weight is 263 g/mol. The zero-order chi connectivity index (χ0) is 13.7. The monoisotopic (exact) mass is 263 g/mol. The molecule has 3 nitrogen and oxygen atoms in total. The quantitative estimate of drug-likeness (QED) is 0.899. The van der Waals surface area contributed by atoms with Gasteiger partial charge in [0.15, 0.2) is 0 Å². The molecule has 98 valence electrons. The highest BCUT2D eigenvalue weighted by Gasteiger charge is 2.09. The molecule has 0 atom stereocenters. The van der Waals surface area contributed by atoms with Gasteiger partial charge in [-0.25, -0.2) is 13.6 Å². The topological polar surface area (TPSA) is 38.3 Å². The molecule has 2 aromatic rings. The Hall–Kier alpha value is -2.43. The van der Waals surface area contributed by atoms with Crippen molar-refractivity contribution in [2.24, 2.45) is 0 Å². The molecule has 19 heavy (non-hydrogen) atoms. The SMILES string of the molecule is O=C(Nc1cccc(C(F)F)c1)Oc1ccccc1. The van der Waals surface area contributed by atoms with Crippen LogP contribution in [0.25, 0.3) is 0 Å². The minimum atomic E-state index is -2.58. The zero-order valence-electron chi connectivity index (χ0n) is 9.85. The van der Waals surface area contributed by atoms with Crippen LogP contribution in [0.15, 0.2) is 54.6 Å². The molecular weight excluding hydrogens is 252 g/mol. The molecule has 2 rings (SSSR count). The second kappa shape index (κ2) is 5.95. The Labute approximate surface area is 108 Å². The number of alkyl halides is 2. The summed E-state index contributed by atoms with van der Waals surface area (Å²) in [6.07, 6.45) is -3.30. The van der Waals surface area contributed by atoms with Crippen molar-refractivity contribution in [1.82, 2.24) is 0 Å². The van der Waals surface area contributed by atoms with Gasteiger partial charge in [-0.3, -0.25) is 5.32 Å². The summed E-state index contributed by atoms with van der Waals surface area (Å²) in [5.74, 6) is 0.380. The Bertz CT molecular complexity index is 558. The highest BCUT2D eigenvalue weighted by atomic mass is 19.3. The number of amides is 1. The van der Waals surface area contributed by atoms with Crippen LogP contribution in [0.2, 0.25) is 0 Å². The Balaban J connectivity index is 2.01. The zero-order valence-corrected chi connectivity index (χ0v) is 9.85. The maximum absolute atomic E-state index is 12.5. The van der Waals surface area contributed by atoms with Crippen LogP contribution < -0.4 is 10.1 Å². The third-order valence-electron chi connectivity index (χ3n) is 2.34. The summed E-state index contributed by atoms with van der Waals surface area (Å²) in [6, 6.07) is 13.9. The lowest BCUT2D eigenvalue weighted by Gasteiger charge is -2.07. The molecule has 0 aliphatic heterocycles. The van der Waals surface area contributed by atoms with E-state index in [0.29, 0.717) is 5.75 Å². The Kier molecular flexibility index (Phi) is 4.07. The minimum Gasteiger partial charge on any atom is -0.410 e. The summed E-state index contributed by atoms with van der Waals surface area (Å²) in [7, 11) is 0. The number of halogens is 2. The van der Waals surface area contributed by atoms with Gasteiger partial charge in [0, 0.05) is 11.3 Å². The van der Waals surface area contributed by atoms with Crippen molar-refractivity contribution in [1.29, 1.82) is 0 Å². The second-order valence-corrected chi connectivity index (χ2v) is 3.75. The van der Waals surface area contributed by atoms with Gasteiger partial charge in [-0.2, -0.15) is 0 Å². The molecular formula is C14H11F2NO2. The van der Waals surface area contributed by atoms with Crippen LogP contribution in [0.3, 0.4) is 0 Å². The summed E-state index contributed by atoms with van der Waals surface area (Å²) in [5.41, 5.74) is 0.108. The average Bonchev–Trinajstić information content (AvgIpc) is 2.40. The van der Waals surface area contributed by atoms with E-state index in [-0.39, 0.29) is 11.3 Å². The second-order valence-electron chi connectivity index (χ2n) is 3.75. The van der Waals surface area contributed by atoms with Crippen LogP contribution in [0.5, 0.6) is 5.75 Å². The standard InChI is InChI=1S/C14H11F2NO2/c15-13(16)10-5-4-6-11(9-10)17-14(18)19-12-7-2-1-3-8-12/h1-9,13H,(H,17,18). The van der Waals surface area contributed by atoms with Crippen molar-refractivity contribution in [3.63, 3.8) is 0 Å². The number of para-hydroxylation sites is 1. The fourth-order valence-electron chi connectivity index (χ4n) is 1.49. The molecule has 1 amide bonds. The van der Waals surface area contributed by atoms with Gasteiger partial charge in [0.25, 0.3) is 6.43 Å². The molecule has 1 N–H and O–H groups in total. The van der Waals surface area contributed by atoms with E-state index in [1.807, 2.05) is 0 Å². The maximum atomic E-state index is 12.5. The molecule has 0 aliphatic rings. The highest BCUT2D eigenvalue weighted by molar-refractivity contribution is 5.86. The first-order valence-electron chi connectivity index (χ1n) is 5.57. The first-order valence-corrected chi connectivity index (χ1v) is 5.57. The first-order chi connectivity index (χ1) is 9.15. The molecule has 0 saturated carbocycles. The molecule has 0 aliphatic carbocycles. The maximum Gasteiger partial charge on any atom is 0.417 e. The van der Waals surface area contributed by atoms with E-state index in [1.165, 1.54) is 24.3 Å². The largest absolute Gasteiger partial charge is 0.417 e. The summed E-state index contributed by atoms with van der Waals surface area (Å²) in [5, 5.41) is 2.39. The van der Waals surface area contributed by atoms with Gasteiger partial charge < -0.3 is 4.74 Å². The van der Waals surface area contributed by atoms with Crippen LogP contribution in [0.1, 0.15) is 12.0 Å². The smallest absolute Gasteiger partial charge is 0.410 e. The van der Waals surface area contributed by atoms with Crippen molar-refractivity contribution >= 4 is 11.8 Å². The number of hydrogen-bond donors (Lipinski definition) is 1. The molecule has 0 unspecified atom stereocenters. The van der Waals surface area contributed by atoms with Crippen LogP contribution in [-0.4, -0.2) is 6.09 Å². The number of hydrogen-bond acceptors (Lipinski definition) is 2. The van der Waals surface area contributed by atoms with E-state index >= 15 is 0 Å². The lowest BCUT2D eigenvalue weighted by Crippen LogP contribution is -2.16. The molecule has 0 heterocycles. The van der Waals surface area contributed by atoms with Crippen LogP contribution >= 0.6 is 0 Å². The van der Waals surface area contributed by atoms with Crippen molar-refractivity contribution < 1.29 is 18.3 Å². The van der Waals surface area contributed by atoms with Crippen LogP contribution in [0, 0.1) is 0 Å². The fraction of sp³-hybridized carbons (Fsp3) is 0.0714. The van der Waals surface area contributed by atoms with E-state index in [4.69, 9.17) is 4.74 Å². The van der Waals surface area contributed by atoms with Crippen molar-refractivity contribution in [3.05, 3.63) is 60.2 Å². The molecule has 0 radical (unpaired) electrons. The summed E-state index contributed by atoms with van der Waals surface area (Å²) in [6.45, 7) is 0. The van der Waals surface area contributed by atoms with Gasteiger partial charge >= 0.3 is 6.09 Å². The number of carbonyl (C=O) groups is 1. The fourth-order valence-corrected chi connectivity index (χ4v) is 1.49. The molecule has 5 heteroatoms. The van der Waals surface area contributed by atoms with E-state index < -0.39 is 12.5 Å². The molecule has 2 aromatic carbocycles. The molecule has 0 bridgehead atoms. The third kappa shape index (κ3) is 3.77. The molecule has 0 fully saturated rings. The van der Waals surface area contributed by atoms with Crippen molar-refractivity contribution in [3.8, 4) is 5.75 Å². The van der Waals surface area contributed by atoms with Gasteiger partial charge in [0.05, 0.1) is 0 Å². The van der Waals surface area contributed by atoms with Crippen LogP contribution in [0.4, 0.5) is 19.3 Å². The summed E-state index contributed by atoms with van der Waals surface area (Å²) in [4.78, 5) is 11.5. The van der Waals surface area contributed by atoms with E-state index in [1.54, 1.807) is 30.3 Å². The predicted octanol–water partition coefficient (Wildman–Crippen LogP) is 4.24. The molecule has 0 spiro atoms. The van der Waals surface area contributed by atoms with E-state index in [0.717, 1.165) is 0 Å². The van der Waals surface area contributed by atoms with Gasteiger partial charge in [0.1, 0.15) is 5.75 Å². The number of anilines is 1. The number of benzene rings is 2. The lowest BCUT2D eigenvalue weighted by molar-refractivity contribution is 0.151. The summed E-state index contributed by atoms with van der Waals surface area (Å²) >= 11 is 0. The van der Waals surface area contributed by atoms with Crippen LogP contribution in [-0.2, 0) is 0 Å². The molecule has 0 aromatic heterocycles. The van der Waals surface area contributed by atoms with E-state index in [2.05, 4.69) is 5.32 Å². The number of nitrogens with one attached hydrogen (secondary N) is 1. The Morgan fingerprint density at radius 3 is 2.47 bits per heavy atom.